The van der Waals surface area contributed by atoms with Gasteiger partial charge in [-0.3, -0.25) is 4.79 Å². The van der Waals surface area contributed by atoms with Crippen LogP contribution in [0.1, 0.15) is 102 Å². The zero-order chi connectivity index (χ0) is 26.2. The molecule has 1 aliphatic carbocycles. The van der Waals surface area contributed by atoms with Gasteiger partial charge in [0.2, 0.25) is 5.78 Å². The van der Waals surface area contributed by atoms with Gasteiger partial charge in [-0.05, 0) is 62.8 Å². The lowest BCUT2D eigenvalue weighted by Crippen LogP contribution is -2.20. The summed E-state index contributed by atoms with van der Waals surface area (Å²) in [5, 5.41) is 6.45. The number of ketones is 1. The molecule has 1 unspecified atom stereocenters. The van der Waals surface area contributed by atoms with E-state index in [0.29, 0.717) is 23.6 Å². The normalized spacial score (nSPS) is 15.8. The quantitative estimate of drug-likeness (QED) is 0.108. The molecule has 2 aromatic carbocycles. The first-order valence-corrected chi connectivity index (χ1v) is 14.4. The highest BCUT2D eigenvalue weighted by atomic mass is 16.7. The number of rotatable bonds is 12. The molecule has 5 nitrogen and oxygen atoms in total. The topological polar surface area (TPSA) is 60.7 Å². The third-order valence-electron chi connectivity index (χ3n) is 8.11. The zero-order valence-corrected chi connectivity index (χ0v) is 22.8. The monoisotopic (exact) mass is 502 g/mol. The summed E-state index contributed by atoms with van der Waals surface area (Å²) >= 11 is 0. The minimum Gasteiger partial charge on any atom is -0.341 e. The molecule has 0 radical (unpaired) electrons. The van der Waals surface area contributed by atoms with E-state index < -0.39 is 0 Å². The first-order valence-electron chi connectivity index (χ1n) is 14.4. The van der Waals surface area contributed by atoms with Gasteiger partial charge < -0.3 is 9.40 Å². The second-order valence-corrected chi connectivity index (χ2v) is 10.6. The molecule has 1 fully saturated rings. The van der Waals surface area contributed by atoms with Crippen LogP contribution in [0.2, 0.25) is 0 Å². The Morgan fingerprint density at radius 1 is 1.00 bits per heavy atom. The fourth-order valence-electron chi connectivity index (χ4n) is 5.83. The Balaban J connectivity index is 1.62. The molecule has 4 rings (SSSR count). The average Bonchev–Trinajstić information content (AvgIpc) is 3.26. The van der Waals surface area contributed by atoms with Crippen molar-refractivity contribution in [1.29, 1.82) is 0 Å². The van der Waals surface area contributed by atoms with Gasteiger partial charge in [0.25, 0.3) is 0 Å². The standard InChI is InChI=1S/C32H42N2O3/c1-4-7-15-24(5-2)32(36)37-33-28(20-18-23-13-9-8-10-14-23)31(35)25-19-21-30-27(22-25)26-16-11-12-17-29(26)34(30)6-3/h11-12,16-17,19,21-24H,4-10,13-15,18,20H2,1-3H3. The van der Waals surface area contributed by atoms with Crippen LogP contribution in [0.5, 0.6) is 0 Å². The highest BCUT2D eigenvalue weighted by Crippen LogP contribution is 2.31. The van der Waals surface area contributed by atoms with Gasteiger partial charge in [-0.25, -0.2) is 4.79 Å². The van der Waals surface area contributed by atoms with E-state index in [9.17, 15) is 9.59 Å². The molecule has 198 valence electrons. The van der Waals surface area contributed by atoms with E-state index in [1.165, 1.54) is 37.6 Å². The van der Waals surface area contributed by atoms with E-state index in [0.717, 1.165) is 54.9 Å². The summed E-state index contributed by atoms with van der Waals surface area (Å²) < 4.78 is 2.28. The molecular weight excluding hydrogens is 460 g/mol. The maximum Gasteiger partial charge on any atom is 0.338 e. The van der Waals surface area contributed by atoms with Gasteiger partial charge in [-0.15, -0.1) is 0 Å². The Bertz CT molecular complexity index is 1250. The summed E-state index contributed by atoms with van der Waals surface area (Å²) in [4.78, 5) is 32.0. The number of aromatic nitrogens is 1. The molecule has 0 amide bonds. The first-order chi connectivity index (χ1) is 18.1. The number of oxime groups is 1. The van der Waals surface area contributed by atoms with Crippen molar-refractivity contribution in [3.63, 3.8) is 0 Å². The number of hydrogen-bond acceptors (Lipinski definition) is 4. The third kappa shape index (κ3) is 6.31. The summed E-state index contributed by atoms with van der Waals surface area (Å²) in [6, 6.07) is 14.2. The SMILES string of the molecule is CCCCC(CC)C(=O)ON=C(CCC1CCCCC1)C(=O)c1ccc2c(c1)c1ccccc1n2CC. The Kier molecular flexibility index (Phi) is 9.54. The molecule has 0 N–H and O–H groups in total. The predicted molar refractivity (Wildman–Crippen MR) is 152 cm³/mol. The van der Waals surface area contributed by atoms with E-state index in [2.05, 4.69) is 35.7 Å². The number of unbranched alkanes of at least 4 members (excludes halogenated alkanes) is 1. The van der Waals surface area contributed by atoms with E-state index in [1.807, 2.05) is 37.3 Å². The summed E-state index contributed by atoms with van der Waals surface area (Å²) in [6.45, 7) is 7.12. The number of para-hydroxylation sites is 1. The second kappa shape index (κ2) is 13.0. The molecule has 1 heterocycles. The molecule has 37 heavy (non-hydrogen) atoms. The number of carbonyl (C=O) groups is 2. The molecule has 1 saturated carbocycles. The minimum absolute atomic E-state index is 0.138. The number of Topliss-reactive ketones (excluding diaryl/α,β-unsaturated/α-hetero) is 1. The maximum atomic E-state index is 13.8. The molecule has 0 aliphatic heterocycles. The Labute approximate surface area is 221 Å². The van der Waals surface area contributed by atoms with Gasteiger partial charge in [0, 0.05) is 33.9 Å². The van der Waals surface area contributed by atoms with Gasteiger partial charge in [0.15, 0.2) is 0 Å². The van der Waals surface area contributed by atoms with Crippen molar-refractivity contribution < 1.29 is 14.4 Å². The molecule has 5 heteroatoms. The van der Waals surface area contributed by atoms with Crippen LogP contribution >= 0.6 is 0 Å². The Morgan fingerprint density at radius 3 is 2.49 bits per heavy atom. The van der Waals surface area contributed by atoms with Crippen LogP contribution in [0, 0.1) is 11.8 Å². The van der Waals surface area contributed by atoms with Crippen molar-refractivity contribution in [1.82, 2.24) is 4.57 Å². The first kappa shape index (κ1) is 27.1. The smallest absolute Gasteiger partial charge is 0.338 e. The lowest BCUT2D eigenvalue weighted by atomic mass is 9.85. The van der Waals surface area contributed by atoms with Crippen molar-refractivity contribution in [3.8, 4) is 0 Å². The number of hydrogen-bond donors (Lipinski definition) is 0. The summed E-state index contributed by atoms with van der Waals surface area (Å²) in [7, 11) is 0. The lowest BCUT2D eigenvalue weighted by Gasteiger charge is -2.21. The van der Waals surface area contributed by atoms with Gasteiger partial charge >= 0.3 is 5.97 Å². The van der Waals surface area contributed by atoms with Crippen molar-refractivity contribution in [2.24, 2.45) is 17.0 Å². The molecule has 0 saturated heterocycles. The van der Waals surface area contributed by atoms with Crippen molar-refractivity contribution in [3.05, 3.63) is 48.0 Å². The second-order valence-electron chi connectivity index (χ2n) is 10.6. The van der Waals surface area contributed by atoms with Crippen LogP contribution in [0.3, 0.4) is 0 Å². The molecule has 0 bridgehead atoms. The van der Waals surface area contributed by atoms with Crippen LogP contribution in [0.4, 0.5) is 0 Å². The Hall–Kier alpha value is -2.95. The molecule has 1 atom stereocenters. The number of carbonyl (C=O) groups excluding carboxylic acids is 2. The number of nitrogens with zero attached hydrogens (tertiary/aromatic N) is 2. The molecule has 1 aromatic heterocycles. The molecule has 0 spiro atoms. The van der Waals surface area contributed by atoms with Crippen LogP contribution in [0.15, 0.2) is 47.6 Å². The van der Waals surface area contributed by atoms with E-state index in [-0.39, 0.29) is 17.7 Å². The van der Waals surface area contributed by atoms with Crippen molar-refractivity contribution >= 4 is 39.3 Å². The van der Waals surface area contributed by atoms with Gasteiger partial charge in [0.1, 0.15) is 5.71 Å². The largest absolute Gasteiger partial charge is 0.341 e. The summed E-state index contributed by atoms with van der Waals surface area (Å²) in [5.74, 6) is -0.0174. The number of aryl methyl sites for hydroxylation is 1. The molecule has 3 aromatic rings. The fourth-order valence-corrected chi connectivity index (χ4v) is 5.83. The fraction of sp³-hybridized carbons (Fsp3) is 0.531. The predicted octanol–water partition coefficient (Wildman–Crippen LogP) is 8.47. The van der Waals surface area contributed by atoms with Gasteiger partial charge in [0.05, 0.1) is 5.92 Å². The average molecular weight is 503 g/mol. The maximum absolute atomic E-state index is 13.8. The van der Waals surface area contributed by atoms with Crippen molar-refractivity contribution in [2.45, 2.75) is 97.9 Å². The van der Waals surface area contributed by atoms with Crippen LogP contribution in [-0.2, 0) is 16.2 Å². The van der Waals surface area contributed by atoms with Crippen LogP contribution < -0.4 is 0 Å². The number of benzene rings is 2. The van der Waals surface area contributed by atoms with E-state index >= 15 is 0 Å². The third-order valence-corrected chi connectivity index (χ3v) is 8.11. The zero-order valence-electron chi connectivity index (χ0n) is 22.8. The molecule has 1 aliphatic rings. The van der Waals surface area contributed by atoms with Crippen LogP contribution in [-0.4, -0.2) is 22.0 Å². The summed E-state index contributed by atoms with van der Waals surface area (Å²) in [6.07, 6.45) is 11.2. The lowest BCUT2D eigenvalue weighted by molar-refractivity contribution is -0.149. The summed E-state index contributed by atoms with van der Waals surface area (Å²) in [5.41, 5.74) is 3.25. The highest BCUT2D eigenvalue weighted by Gasteiger charge is 2.23. The van der Waals surface area contributed by atoms with E-state index in [4.69, 9.17) is 4.84 Å². The van der Waals surface area contributed by atoms with Gasteiger partial charge in [-0.2, -0.15) is 0 Å². The Morgan fingerprint density at radius 2 is 1.76 bits per heavy atom. The minimum atomic E-state index is -0.319. The highest BCUT2D eigenvalue weighted by molar-refractivity contribution is 6.46. The van der Waals surface area contributed by atoms with Crippen LogP contribution in [0.25, 0.3) is 21.8 Å². The van der Waals surface area contributed by atoms with Crippen molar-refractivity contribution in [2.75, 3.05) is 0 Å². The van der Waals surface area contributed by atoms with Gasteiger partial charge in [-0.1, -0.05) is 82.1 Å². The molecular formula is C32H42N2O3. The number of fused-ring (bicyclic) bond motifs is 3. The van der Waals surface area contributed by atoms with E-state index in [1.54, 1.807) is 0 Å².